The van der Waals surface area contributed by atoms with Crippen LogP contribution < -0.4 is 5.32 Å². The third-order valence-electron chi connectivity index (χ3n) is 4.41. The van der Waals surface area contributed by atoms with Crippen molar-refractivity contribution in [3.05, 3.63) is 27.4 Å². The molecule has 0 unspecified atom stereocenters. The summed E-state index contributed by atoms with van der Waals surface area (Å²) in [6.07, 6.45) is 4.16. The predicted molar refractivity (Wildman–Crippen MR) is 95.5 cm³/mol. The van der Waals surface area contributed by atoms with E-state index in [9.17, 15) is 9.59 Å². The number of ether oxygens (including phenoxy) is 1. The van der Waals surface area contributed by atoms with E-state index in [2.05, 4.69) is 10.3 Å². The fourth-order valence-corrected chi connectivity index (χ4v) is 4.79. The molecule has 1 aliphatic rings. The van der Waals surface area contributed by atoms with Gasteiger partial charge in [0.25, 0.3) is 5.91 Å². The summed E-state index contributed by atoms with van der Waals surface area (Å²) in [6, 6.07) is 1.99. The van der Waals surface area contributed by atoms with Crippen molar-refractivity contribution in [1.82, 2.24) is 10.3 Å². The van der Waals surface area contributed by atoms with Crippen molar-refractivity contribution in [1.29, 1.82) is 0 Å². The number of hydrogen-bond acceptors (Lipinski definition) is 6. The average molecular weight is 364 g/mol. The third-order valence-corrected chi connectivity index (χ3v) is 6.30. The maximum absolute atomic E-state index is 12.8. The van der Waals surface area contributed by atoms with E-state index in [1.54, 1.807) is 11.3 Å². The molecule has 0 aliphatic heterocycles. The van der Waals surface area contributed by atoms with Crippen molar-refractivity contribution < 1.29 is 14.3 Å². The summed E-state index contributed by atoms with van der Waals surface area (Å²) in [7, 11) is 1.37. The average Bonchev–Trinajstić information content (AvgIpc) is 3.24. The van der Waals surface area contributed by atoms with Gasteiger partial charge in [-0.05, 0) is 31.2 Å². The highest BCUT2D eigenvalue weighted by Gasteiger charge is 2.42. The zero-order valence-electron chi connectivity index (χ0n) is 13.8. The van der Waals surface area contributed by atoms with Gasteiger partial charge < -0.3 is 10.1 Å². The second-order valence-corrected chi connectivity index (χ2v) is 7.81. The van der Waals surface area contributed by atoms with Gasteiger partial charge in [0.05, 0.1) is 12.8 Å². The number of methoxy groups -OCH3 is 1. The van der Waals surface area contributed by atoms with Crippen LogP contribution in [0.15, 0.2) is 16.8 Å². The van der Waals surface area contributed by atoms with E-state index < -0.39 is 5.54 Å². The minimum absolute atomic E-state index is 0.237. The number of aryl methyl sites for hydroxylation is 1. The molecular weight excluding hydrogens is 344 g/mol. The number of hydrogen-bond donors (Lipinski definition) is 1. The van der Waals surface area contributed by atoms with Crippen LogP contribution in [0.3, 0.4) is 0 Å². The number of esters is 1. The van der Waals surface area contributed by atoms with E-state index in [1.165, 1.54) is 18.4 Å². The van der Waals surface area contributed by atoms with E-state index in [4.69, 9.17) is 4.74 Å². The van der Waals surface area contributed by atoms with Gasteiger partial charge in [0.1, 0.15) is 15.4 Å². The van der Waals surface area contributed by atoms with Gasteiger partial charge >= 0.3 is 5.97 Å². The number of nitrogens with one attached hydrogen (secondary N) is 1. The van der Waals surface area contributed by atoms with Crippen molar-refractivity contribution in [2.45, 2.75) is 44.6 Å². The van der Waals surface area contributed by atoms with E-state index in [1.807, 2.05) is 23.8 Å². The number of carbonyl (C=O) groups is 2. The van der Waals surface area contributed by atoms with Gasteiger partial charge in [0, 0.05) is 10.9 Å². The molecule has 1 aliphatic carbocycles. The second kappa shape index (κ2) is 7.03. The Labute approximate surface area is 149 Å². The largest absolute Gasteiger partial charge is 0.467 e. The number of thiophene rings is 1. The Morgan fingerprint density at radius 2 is 2.04 bits per heavy atom. The highest BCUT2D eigenvalue weighted by Crippen LogP contribution is 2.32. The standard InChI is InChI=1S/C17H20N2O3S2/c1-11-13(24-15(18-11)12-6-9-23-10-12)14(20)19-17(16(21)22-2)7-4-3-5-8-17/h6,9-10H,3-5,7-8H2,1-2H3,(H,19,20). The molecule has 2 aromatic heterocycles. The molecule has 7 heteroatoms. The van der Waals surface area contributed by atoms with Crippen LogP contribution in [0.4, 0.5) is 0 Å². The Morgan fingerprint density at radius 3 is 2.67 bits per heavy atom. The van der Waals surface area contributed by atoms with Crippen molar-refractivity contribution in [3.63, 3.8) is 0 Å². The van der Waals surface area contributed by atoms with E-state index in [-0.39, 0.29) is 11.9 Å². The quantitative estimate of drug-likeness (QED) is 0.838. The number of thiazole rings is 1. The SMILES string of the molecule is COC(=O)C1(NC(=O)c2sc(-c3ccsc3)nc2C)CCCCC1. The maximum Gasteiger partial charge on any atom is 0.331 e. The normalized spacial score (nSPS) is 16.6. The van der Waals surface area contributed by atoms with E-state index in [0.29, 0.717) is 23.4 Å². The molecule has 1 amide bonds. The van der Waals surface area contributed by atoms with Crippen LogP contribution in [-0.2, 0) is 9.53 Å². The number of nitrogens with zero attached hydrogens (tertiary/aromatic N) is 1. The molecule has 1 saturated carbocycles. The fraction of sp³-hybridized carbons (Fsp3) is 0.471. The lowest BCUT2D eigenvalue weighted by Gasteiger charge is -2.35. The molecule has 5 nitrogen and oxygen atoms in total. The first-order valence-electron chi connectivity index (χ1n) is 7.97. The molecule has 2 heterocycles. The first-order chi connectivity index (χ1) is 11.6. The van der Waals surface area contributed by atoms with Crippen LogP contribution in [-0.4, -0.2) is 29.5 Å². The Hall–Kier alpha value is -1.73. The van der Waals surface area contributed by atoms with Crippen molar-refractivity contribution in [2.75, 3.05) is 7.11 Å². The molecule has 0 aromatic carbocycles. The summed E-state index contributed by atoms with van der Waals surface area (Å²) in [6.45, 7) is 1.83. The molecule has 2 aromatic rings. The zero-order valence-corrected chi connectivity index (χ0v) is 15.4. The molecule has 0 radical (unpaired) electrons. The van der Waals surface area contributed by atoms with Crippen LogP contribution in [0.25, 0.3) is 10.6 Å². The van der Waals surface area contributed by atoms with Crippen LogP contribution >= 0.6 is 22.7 Å². The van der Waals surface area contributed by atoms with Gasteiger partial charge in [0.2, 0.25) is 0 Å². The van der Waals surface area contributed by atoms with E-state index >= 15 is 0 Å². The lowest BCUT2D eigenvalue weighted by atomic mass is 9.81. The van der Waals surface area contributed by atoms with Crippen LogP contribution in [0.2, 0.25) is 0 Å². The van der Waals surface area contributed by atoms with Crippen molar-refractivity contribution in [2.24, 2.45) is 0 Å². The van der Waals surface area contributed by atoms with Crippen LogP contribution in [0.1, 0.15) is 47.5 Å². The van der Waals surface area contributed by atoms with Crippen LogP contribution in [0, 0.1) is 6.92 Å². The molecular formula is C17H20N2O3S2. The van der Waals surface area contributed by atoms with Gasteiger partial charge in [-0.15, -0.1) is 11.3 Å². The van der Waals surface area contributed by atoms with Gasteiger partial charge in [-0.1, -0.05) is 19.3 Å². The van der Waals surface area contributed by atoms with Gasteiger partial charge in [0.15, 0.2) is 0 Å². The molecule has 1 N–H and O–H groups in total. The Balaban J connectivity index is 1.84. The Kier molecular flexibility index (Phi) is 5.01. The number of aromatic nitrogens is 1. The monoisotopic (exact) mass is 364 g/mol. The molecule has 24 heavy (non-hydrogen) atoms. The van der Waals surface area contributed by atoms with Crippen molar-refractivity contribution >= 4 is 34.6 Å². The summed E-state index contributed by atoms with van der Waals surface area (Å²) < 4.78 is 4.96. The molecule has 0 bridgehead atoms. The molecule has 1 fully saturated rings. The summed E-state index contributed by atoms with van der Waals surface area (Å²) in [5, 5.41) is 7.78. The van der Waals surface area contributed by atoms with E-state index in [0.717, 1.165) is 29.8 Å². The fourth-order valence-electron chi connectivity index (χ4n) is 3.12. The lowest BCUT2D eigenvalue weighted by Crippen LogP contribution is -2.56. The van der Waals surface area contributed by atoms with Gasteiger partial charge in [-0.25, -0.2) is 9.78 Å². The first-order valence-corrected chi connectivity index (χ1v) is 9.72. The maximum atomic E-state index is 12.8. The second-order valence-electron chi connectivity index (χ2n) is 6.03. The summed E-state index contributed by atoms with van der Waals surface area (Å²) in [5.74, 6) is -0.588. The molecule has 0 spiro atoms. The third kappa shape index (κ3) is 3.23. The molecule has 3 rings (SSSR count). The minimum Gasteiger partial charge on any atom is -0.467 e. The summed E-state index contributed by atoms with van der Waals surface area (Å²) >= 11 is 2.96. The smallest absolute Gasteiger partial charge is 0.331 e. The molecule has 128 valence electrons. The first kappa shape index (κ1) is 17.1. The number of amides is 1. The highest BCUT2D eigenvalue weighted by molar-refractivity contribution is 7.17. The summed E-state index contributed by atoms with van der Waals surface area (Å²) in [5.41, 5.74) is 0.810. The Morgan fingerprint density at radius 1 is 1.29 bits per heavy atom. The highest BCUT2D eigenvalue weighted by atomic mass is 32.1. The zero-order chi connectivity index (χ0) is 17.2. The minimum atomic E-state index is -0.900. The Bertz CT molecular complexity index is 731. The number of carbonyl (C=O) groups excluding carboxylic acids is 2. The lowest BCUT2D eigenvalue weighted by molar-refractivity contribution is -0.149. The van der Waals surface area contributed by atoms with Gasteiger partial charge in [-0.3, -0.25) is 4.79 Å². The topological polar surface area (TPSA) is 68.3 Å². The summed E-state index contributed by atoms with van der Waals surface area (Å²) in [4.78, 5) is 30.1. The number of rotatable bonds is 4. The van der Waals surface area contributed by atoms with Crippen LogP contribution in [0.5, 0.6) is 0 Å². The van der Waals surface area contributed by atoms with Crippen molar-refractivity contribution in [3.8, 4) is 10.6 Å². The van der Waals surface area contributed by atoms with Gasteiger partial charge in [-0.2, -0.15) is 11.3 Å². The molecule has 0 atom stereocenters. The predicted octanol–water partition coefficient (Wildman–Crippen LogP) is 3.79. The molecule has 0 saturated heterocycles.